The van der Waals surface area contributed by atoms with Gasteiger partial charge in [0, 0.05) is 7.05 Å². The molecule has 0 amide bonds. The van der Waals surface area contributed by atoms with Crippen LogP contribution in [-0.4, -0.2) is 28.4 Å². The molecule has 0 aromatic carbocycles. The average molecular weight is 319 g/mol. The summed E-state index contributed by atoms with van der Waals surface area (Å²) in [5, 5.41) is 9.78. The fourth-order valence-corrected chi connectivity index (χ4v) is 3.64. The molecule has 0 spiro atoms. The molecule has 2 rings (SSSR count). The van der Waals surface area contributed by atoms with Crippen molar-refractivity contribution >= 4 is 15.7 Å². The topological polar surface area (TPSA) is 92.7 Å². The molecule has 116 valence electrons. The number of sulfonamides is 1. The molecule has 0 aliphatic rings. The van der Waals surface area contributed by atoms with Gasteiger partial charge in [0.1, 0.15) is 4.90 Å². The van der Waals surface area contributed by atoms with E-state index in [1.807, 2.05) is 0 Å². The first-order valence-corrected chi connectivity index (χ1v) is 7.49. The molecule has 0 saturated heterocycles. The zero-order valence-electron chi connectivity index (χ0n) is 11.9. The largest absolute Gasteiger partial charge is 0.284 e. The Morgan fingerprint density at radius 2 is 1.90 bits per heavy atom. The molecule has 2 aromatic heterocycles. The second kappa shape index (κ2) is 5.10. The zero-order valence-corrected chi connectivity index (χ0v) is 12.7. The Labute approximate surface area is 120 Å². The number of halogens is 2. The van der Waals surface area contributed by atoms with Crippen LogP contribution in [0.2, 0.25) is 0 Å². The summed E-state index contributed by atoms with van der Waals surface area (Å²) in [7, 11) is -2.42. The van der Waals surface area contributed by atoms with Crippen LogP contribution >= 0.6 is 0 Å². The summed E-state index contributed by atoms with van der Waals surface area (Å²) in [5.74, 6) is 0. The summed E-state index contributed by atoms with van der Waals surface area (Å²) < 4.78 is 54.1. The molecule has 7 nitrogen and oxygen atoms in total. The third kappa shape index (κ3) is 2.62. The number of alkyl halides is 2. The molecule has 0 unspecified atom stereocenters. The Kier molecular flexibility index (Phi) is 3.74. The summed E-state index contributed by atoms with van der Waals surface area (Å²) >= 11 is 0. The van der Waals surface area contributed by atoms with Gasteiger partial charge in [0.25, 0.3) is 16.4 Å². The maximum atomic E-state index is 12.8. The van der Waals surface area contributed by atoms with E-state index in [9.17, 15) is 17.2 Å². The average Bonchev–Trinajstić information content (AvgIpc) is 2.81. The molecule has 0 saturated carbocycles. The molecule has 21 heavy (non-hydrogen) atoms. The van der Waals surface area contributed by atoms with E-state index in [0.717, 1.165) is 0 Å². The van der Waals surface area contributed by atoms with Gasteiger partial charge in [-0.25, -0.2) is 17.2 Å². The molecule has 0 atom stereocenters. The molecular weight excluding hydrogens is 304 g/mol. The van der Waals surface area contributed by atoms with Crippen LogP contribution in [0.4, 0.5) is 14.5 Å². The number of aromatic amines is 1. The molecule has 0 radical (unpaired) electrons. The van der Waals surface area contributed by atoms with Crippen molar-refractivity contribution in [1.82, 2.24) is 20.0 Å². The van der Waals surface area contributed by atoms with Gasteiger partial charge in [-0.05, 0) is 20.8 Å². The Bertz CT molecular complexity index is 779. The second-order valence-corrected chi connectivity index (χ2v) is 6.26. The summed E-state index contributed by atoms with van der Waals surface area (Å²) in [5.41, 5.74) is 0.0676. The highest BCUT2D eigenvalue weighted by Crippen LogP contribution is 2.30. The minimum absolute atomic E-state index is 0.0224. The quantitative estimate of drug-likeness (QED) is 0.899. The lowest BCUT2D eigenvalue weighted by molar-refractivity contribution is 0.147. The maximum absolute atomic E-state index is 12.8. The summed E-state index contributed by atoms with van der Waals surface area (Å²) in [6.07, 6.45) is -2.89. The van der Waals surface area contributed by atoms with Crippen LogP contribution in [0.25, 0.3) is 0 Å². The number of hydrogen-bond acceptors (Lipinski definition) is 4. The number of aryl methyl sites for hydroxylation is 3. The van der Waals surface area contributed by atoms with Crippen LogP contribution in [0, 0.1) is 20.8 Å². The predicted molar refractivity (Wildman–Crippen MR) is 71.8 cm³/mol. The number of nitrogens with zero attached hydrogens (tertiary/aromatic N) is 3. The van der Waals surface area contributed by atoms with Crippen molar-refractivity contribution < 1.29 is 17.2 Å². The lowest BCUT2D eigenvalue weighted by Gasteiger charge is -2.09. The number of anilines is 1. The van der Waals surface area contributed by atoms with E-state index < -0.39 is 22.1 Å². The van der Waals surface area contributed by atoms with Crippen molar-refractivity contribution in [2.24, 2.45) is 7.05 Å². The number of rotatable bonds is 4. The third-order valence-electron chi connectivity index (χ3n) is 3.13. The molecule has 10 heteroatoms. The van der Waals surface area contributed by atoms with Crippen LogP contribution in [0.15, 0.2) is 4.90 Å². The van der Waals surface area contributed by atoms with Crippen molar-refractivity contribution in [3.63, 3.8) is 0 Å². The second-order valence-electron chi connectivity index (χ2n) is 4.64. The Morgan fingerprint density at radius 1 is 1.29 bits per heavy atom. The number of aromatic nitrogens is 4. The van der Waals surface area contributed by atoms with E-state index in [1.165, 1.54) is 18.5 Å². The minimum atomic E-state index is -4.03. The molecule has 0 bridgehead atoms. The summed E-state index contributed by atoms with van der Waals surface area (Å²) in [4.78, 5) is -0.0224. The maximum Gasteiger partial charge on any atom is 0.284 e. The van der Waals surface area contributed by atoms with Gasteiger partial charge in [0.15, 0.2) is 5.69 Å². The van der Waals surface area contributed by atoms with E-state index in [0.29, 0.717) is 11.4 Å². The van der Waals surface area contributed by atoms with Crippen LogP contribution in [0.5, 0.6) is 0 Å². The van der Waals surface area contributed by atoms with Crippen LogP contribution in [-0.2, 0) is 17.1 Å². The first-order valence-electron chi connectivity index (χ1n) is 6.01. The van der Waals surface area contributed by atoms with Gasteiger partial charge in [-0.2, -0.15) is 10.2 Å². The lowest BCUT2D eigenvalue weighted by atomic mass is 10.3. The molecule has 0 fully saturated rings. The van der Waals surface area contributed by atoms with Crippen molar-refractivity contribution in [3.8, 4) is 0 Å². The van der Waals surface area contributed by atoms with E-state index in [1.54, 1.807) is 14.0 Å². The van der Waals surface area contributed by atoms with Gasteiger partial charge in [-0.15, -0.1) is 0 Å². The number of H-pyrrole nitrogens is 1. The minimum Gasteiger partial charge on any atom is -0.280 e. The smallest absolute Gasteiger partial charge is 0.280 e. The van der Waals surface area contributed by atoms with Gasteiger partial charge < -0.3 is 0 Å². The Morgan fingerprint density at radius 3 is 2.38 bits per heavy atom. The normalized spacial score (nSPS) is 12.1. The van der Waals surface area contributed by atoms with Gasteiger partial charge in [0.2, 0.25) is 0 Å². The monoisotopic (exact) mass is 319 g/mol. The standard InChI is InChI=1S/C11H15F2N5O2S/c1-5-8(9(11(12)13)15-14-5)17-21(19,20)10-6(2)16-18(4)7(10)3/h11,17H,1-4H3,(H,14,15). The molecule has 0 aliphatic carbocycles. The highest BCUT2D eigenvalue weighted by atomic mass is 32.2. The number of hydrogen-bond donors (Lipinski definition) is 2. The summed E-state index contributed by atoms with van der Waals surface area (Å²) in [6, 6.07) is 0. The van der Waals surface area contributed by atoms with Gasteiger partial charge >= 0.3 is 0 Å². The third-order valence-corrected chi connectivity index (χ3v) is 4.73. The van der Waals surface area contributed by atoms with Gasteiger partial charge in [0.05, 0.1) is 22.8 Å². The van der Waals surface area contributed by atoms with Crippen molar-refractivity contribution in [1.29, 1.82) is 0 Å². The van der Waals surface area contributed by atoms with E-state index in [2.05, 4.69) is 20.0 Å². The van der Waals surface area contributed by atoms with E-state index >= 15 is 0 Å². The highest BCUT2D eigenvalue weighted by molar-refractivity contribution is 7.92. The fraction of sp³-hybridized carbons (Fsp3) is 0.455. The Balaban J connectivity index is 2.50. The van der Waals surface area contributed by atoms with Gasteiger partial charge in [-0.1, -0.05) is 0 Å². The van der Waals surface area contributed by atoms with Crippen LogP contribution < -0.4 is 4.72 Å². The van der Waals surface area contributed by atoms with E-state index in [4.69, 9.17) is 0 Å². The van der Waals surface area contributed by atoms with Gasteiger partial charge in [-0.3, -0.25) is 14.5 Å². The van der Waals surface area contributed by atoms with Crippen LogP contribution in [0.1, 0.15) is 29.2 Å². The fourth-order valence-electron chi connectivity index (χ4n) is 2.06. The van der Waals surface area contributed by atoms with Crippen molar-refractivity contribution in [2.75, 3.05) is 4.72 Å². The SMILES string of the molecule is Cc1nn(C)c(C)c1S(=O)(=O)Nc1c(C(F)F)n[nH]c1C. The first-order chi connectivity index (χ1) is 9.65. The molecule has 2 heterocycles. The van der Waals surface area contributed by atoms with Crippen LogP contribution in [0.3, 0.4) is 0 Å². The summed E-state index contributed by atoms with van der Waals surface area (Å²) in [6.45, 7) is 4.59. The predicted octanol–water partition coefficient (Wildman–Crippen LogP) is 1.81. The number of nitrogens with one attached hydrogen (secondary N) is 2. The molecule has 0 aliphatic heterocycles. The molecular formula is C11H15F2N5O2S. The highest BCUT2D eigenvalue weighted by Gasteiger charge is 2.28. The zero-order chi connectivity index (χ0) is 15.9. The lowest BCUT2D eigenvalue weighted by Crippen LogP contribution is -2.16. The Hall–Kier alpha value is -1.97. The molecule has 2 N–H and O–H groups in total. The molecule has 2 aromatic rings. The first kappa shape index (κ1) is 15.4. The van der Waals surface area contributed by atoms with Crippen molar-refractivity contribution in [3.05, 3.63) is 22.8 Å². The van der Waals surface area contributed by atoms with Crippen molar-refractivity contribution in [2.45, 2.75) is 32.1 Å². The van der Waals surface area contributed by atoms with E-state index in [-0.39, 0.29) is 16.3 Å².